The van der Waals surface area contributed by atoms with Crippen LogP contribution in [0.5, 0.6) is 0 Å². The fourth-order valence-electron chi connectivity index (χ4n) is 2.15. The maximum atomic E-state index is 6.24. The summed E-state index contributed by atoms with van der Waals surface area (Å²) in [7, 11) is 0. The predicted molar refractivity (Wildman–Crippen MR) is 62.3 cm³/mol. The van der Waals surface area contributed by atoms with E-state index < -0.39 is 0 Å². The number of para-hydroxylation sites is 1. The topological polar surface area (TPSA) is 3.24 Å². The third-order valence-corrected chi connectivity index (χ3v) is 3.13. The van der Waals surface area contributed by atoms with Crippen molar-refractivity contribution in [3.63, 3.8) is 0 Å². The van der Waals surface area contributed by atoms with E-state index in [4.69, 9.17) is 11.6 Å². The second-order valence-corrected chi connectivity index (χ2v) is 4.55. The van der Waals surface area contributed by atoms with Crippen LogP contribution in [0, 0.1) is 0 Å². The van der Waals surface area contributed by atoms with E-state index in [-0.39, 0.29) is 0 Å². The summed E-state index contributed by atoms with van der Waals surface area (Å²) in [5.74, 6) is 0. The van der Waals surface area contributed by atoms with Gasteiger partial charge in [0.2, 0.25) is 0 Å². The summed E-state index contributed by atoms with van der Waals surface area (Å²) in [4.78, 5) is 2.40. The molecule has 1 heterocycles. The Morgan fingerprint density at radius 1 is 1.36 bits per heavy atom. The summed E-state index contributed by atoms with van der Waals surface area (Å²) in [5.41, 5.74) is 2.66. The number of nitrogens with zero attached hydrogens (tertiary/aromatic N) is 1. The third kappa shape index (κ3) is 1.61. The lowest BCUT2D eigenvalue weighted by atomic mass is 10.0. The van der Waals surface area contributed by atoms with Gasteiger partial charge in [-0.25, -0.2) is 0 Å². The van der Waals surface area contributed by atoms with Gasteiger partial charge in [-0.2, -0.15) is 0 Å². The molecule has 2 rings (SSSR count). The molecule has 0 N–H and O–H groups in total. The fraction of sp³-hybridized carbons (Fsp3) is 0.500. The zero-order valence-corrected chi connectivity index (χ0v) is 9.51. The van der Waals surface area contributed by atoms with Gasteiger partial charge in [0.1, 0.15) is 0 Å². The van der Waals surface area contributed by atoms with E-state index in [1.165, 1.54) is 24.1 Å². The van der Waals surface area contributed by atoms with Crippen molar-refractivity contribution < 1.29 is 0 Å². The van der Waals surface area contributed by atoms with Crippen molar-refractivity contribution in [1.82, 2.24) is 0 Å². The number of benzene rings is 1. The van der Waals surface area contributed by atoms with Crippen LogP contribution < -0.4 is 4.90 Å². The Hall–Kier alpha value is -0.690. The van der Waals surface area contributed by atoms with Gasteiger partial charge in [-0.15, -0.1) is 0 Å². The van der Waals surface area contributed by atoms with Gasteiger partial charge >= 0.3 is 0 Å². The molecular formula is C12H16ClN. The Bertz CT molecular complexity index is 333. The highest BCUT2D eigenvalue weighted by Crippen LogP contribution is 2.35. The first-order valence-electron chi connectivity index (χ1n) is 5.24. The van der Waals surface area contributed by atoms with Crippen molar-refractivity contribution in [2.75, 3.05) is 11.4 Å². The summed E-state index contributed by atoms with van der Waals surface area (Å²) in [6, 6.07) is 6.76. The molecule has 1 aliphatic heterocycles. The third-order valence-electron chi connectivity index (χ3n) is 2.83. The molecule has 1 nitrogen and oxygen atoms in total. The first kappa shape index (κ1) is 9.85. The normalized spacial score (nSPS) is 15.9. The first-order valence-corrected chi connectivity index (χ1v) is 5.62. The van der Waals surface area contributed by atoms with Crippen LogP contribution in [0.25, 0.3) is 0 Å². The lowest BCUT2D eigenvalue weighted by Gasteiger charge is -2.35. The molecule has 0 bridgehead atoms. The van der Waals surface area contributed by atoms with Crippen LogP contribution in [-0.2, 0) is 6.42 Å². The average molecular weight is 210 g/mol. The first-order chi connectivity index (χ1) is 6.70. The van der Waals surface area contributed by atoms with E-state index >= 15 is 0 Å². The van der Waals surface area contributed by atoms with Crippen LogP contribution in [0.15, 0.2) is 18.2 Å². The minimum absolute atomic E-state index is 0.536. The highest BCUT2D eigenvalue weighted by atomic mass is 35.5. The Kier molecular flexibility index (Phi) is 2.69. The summed E-state index contributed by atoms with van der Waals surface area (Å²) in [6.45, 7) is 5.57. The van der Waals surface area contributed by atoms with Crippen molar-refractivity contribution in [3.8, 4) is 0 Å². The van der Waals surface area contributed by atoms with E-state index in [0.29, 0.717) is 6.04 Å². The quantitative estimate of drug-likeness (QED) is 0.685. The van der Waals surface area contributed by atoms with E-state index in [0.717, 1.165) is 11.6 Å². The highest BCUT2D eigenvalue weighted by molar-refractivity contribution is 6.33. The minimum Gasteiger partial charge on any atom is -0.368 e. The largest absolute Gasteiger partial charge is 0.368 e. The minimum atomic E-state index is 0.536. The Balaban J connectivity index is 2.47. The zero-order chi connectivity index (χ0) is 10.1. The number of hydrogen-bond donors (Lipinski definition) is 0. The summed E-state index contributed by atoms with van der Waals surface area (Å²) in [6.07, 6.45) is 2.41. The Morgan fingerprint density at radius 2 is 2.14 bits per heavy atom. The van der Waals surface area contributed by atoms with Crippen molar-refractivity contribution >= 4 is 17.3 Å². The van der Waals surface area contributed by atoms with Crippen LogP contribution in [0.2, 0.25) is 5.02 Å². The summed E-state index contributed by atoms with van der Waals surface area (Å²) in [5, 5.41) is 0.899. The molecule has 0 saturated heterocycles. The number of hydrogen-bond acceptors (Lipinski definition) is 1. The molecule has 2 heteroatoms. The Labute approximate surface area is 90.7 Å². The molecule has 0 fully saturated rings. The highest BCUT2D eigenvalue weighted by Gasteiger charge is 2.20. The molecule has 14 heavy (non-hydrogen) atoms. The van der Waals surface area contributed by atoms with Crippen molar-refractivity contribution in [2.24, 2.45) is 0 Å². The molecular weight excluding hydrogens is 194 g/mol. The number of anilines is 1. The molecule has 0 saturated carbocycles. The summed E-state index contributed by atoms with van der Waals surface area (Å²) >= 11 is 6.24. The monoisotopic (exact) mass is 209 g/mol. The lowest BCUT2D eigenvalue weighted by Crippen LogP contribution is -2.35. The van der Waals surface area contributed by atoms with Gasteiger partial charge < -0.3 is 4.90 Å². The van der Waals surface area contributed by atoms with Crippen molar-refractivity contribution in [2.45, 2.75) is 32.7 Å². The van der Waals surface area contributed by atoms with Gasteiger partial charge in [-0.1, -0.05) is 23.7 Å². The molecule has 0 aromatic heterocycles. The molecule has 1 aromatic carbocycles. The molecule has 76 valence electrons. The summed E-state index contributed by atoms with van der Waals surface area (Å²) < 4.78 is 0. The molecule has 0 amide bonds. The van der Waals surface area contributed by atoms with Crippen LogP contribution in [0.3, 0.4) is 0 Å². The van der Waals surface area contributed by atoms with Crippen LogP contribution >= 0.6 is 11.6 Å². The SMILES string of the molecule is CC(C)N1CCCc2cccc(Cl)c21. The number of halogens is 1. The van der Waals surface area contributed by atoms with Gasteiger partial charge in [0.15, 0.2) is 0 Å². The van der Waals surface area contributed by atoms with E-state index in [2.05, 4.69) is 24.8 Å². The maximum Gasteiger partial charge on any atom is 0.0642 e. The molecule has 0 radical (unpaired) electrons. The van der Waals surface area contributed by atoms with Crippen LogP contribution in [0.1, 0.15) is 25.8 Å². The molecule has 0 spiro atoms. The zero-order valence-electron chi connectivity index (χ0n) is 8.76. The number of aryl methyl sites for hydroxylation is 1. The second-order valence-electron chi connectivity index (χ2n) is 4.14. The Morgan fingerprint density at radius 3 is 2.86 bits per heavy atom. The molecule has 0 unspecified atom stereocenters. The average Bonchev–Trinajstić information content (AvgIpc) is 2.17. The van der Waals surface area contributed by atoms with Gasteiger partial charge in [0.05, 0.1) is 10.7 Å². The molecule has 0 aliphatic carbocycles. The maximum absolute atomic E-state index is 6.24. The predicted octanol–water partition coefficient (Wildman–Crippen LogP) is 3.50. The van der Waals surface area contributed by atoms with Crippen LogP contribution in [0.4, 0.5) is 5.69 Å². The molecule has 1 aromatic rings. The number of fused-ring (bicyclic) bond motifs is 1. The van der Waals surface area contributed by atoms with Crippen molar-refractivity contribution in [3.05, 3.63) is 28.8 Å². The van der Waals surface area contributed by atoms with Crippen molar-refractivity contribution in [1.29, 1.82) is 0 Å². The van der Waals surface area contributed by atoms with E-state index in [1.807, 2.05) is 12.1 Å². The van der Waals surface area contributed by atoms with Gasteiger partial charge in [0, 0.05) is 12.6 Å². The second kappa shape index (κ2) is 3.82. The van der Waals surface area contributed by atoms with Gasteiger partial charge in [-0.3, -0.25) is 0 Å². The van der Waals surface area contributed by atoms with E-state index in [1.54, 1.807) is 0 Å². The van der Waals surface area contributed by atoms with E-state index in [9.17, 15) is 0 Å². The molecule has 0 atom stereocenters. The fourth-order valence-corrected chi connectivity index (χ4v) is 2.45. The lowest BCUT2D eigenvalue weighted by molar-refractivity contribution is 0.626. The van der Waals surface area contributed by atoms with Gasteiger partial charge in [0.25, 0.3) is 0 Å². The molecule has 1 aliphatic rings. The standard InChI is InChI=1S/C12H16ClN/c1-9(2)14-8-4-6-10-5-3-7-11(13)12(10)14/h3,5,7,9H,4,6,8H2,1-2H3. The van der Waals surface area contributed by atoms with Gasteiger partial charge in [-0.05, 0) is 38.3 Å². The smallest absolute Gasteiger partial charge is 0.0642 e. The number of rotatable bonds is 1. The van der Waals surface area contributed by atoms with Crippen LogP contribution in [-0.4, -0.2) is 12.6 Å².